The van der Waals surface area contributed by atoms with Crippen LogP contribution in [0.4, 0.5) is 11.6 Å². The number of nitrogens with two attached hydrogens (primary N) is 1. The van der Waals surface area contributed by atoms with Gasteiger partial charge in [-0.1, -0.05) is 0 Å². The van der Waals surface area contributed by atoms with Crippen molar-refractivity contribution in [2.24, 2.45) is 5.73 Å². The standard InChI is InChI=1S/C18H22N6O/c19-8-15-5-11-9-21-17(22-13-2-1-12(20)6-13)7-16(11)18(24-15)23-14-3-4-25-10-14/h5,7,9,12-14H,1-4,6,10,20H2,(H,21,22)(H,23,24)/t12-,13-,14+/m0/s1. The number of hydrogen-bond acceptors (Lipinski definition) is 7. The van der Waals surface area contributed by atoms with E-state index in [-0.39, 0.29) is 12.1 Å². The van der Waals surface area contributed by atoms with Crippen molar-refractivity contribution in [2.45, 2.75) is 43.8 Å². The summed E-state index contributed by atoms with van der Waals surface area (Å²) in [5.74, 6) is 1.54. The van der Waals surface area contributed by atoms with E-state index in [9.17, 15) is 5.26 Å². The third-order valence-electron chi connectivity index (χ3n) is 4.92. The van der Waals surface area contributed by atoms with Gasteiger partial charge in [-0.25, -0.2) is 9.97 Å². The van der Waals surface area contributed by atoms with Gasteiger partial charge in [0.2, 0.25) is 0 Å². The maximum absolute atomic E-state index is 9.24. The summed E-state index contributed by atoms with van der Waals surface area (Å²) in [6.45, 7) is 1.42. The zero-order valence-corrected chi connectivity index (χ0v) is 14.0. The summed E-state index contributed by atoms with van der Waals surface area (Å²) in [6.07, 6.45) is 5.82. The molecule has 7 heteroatoms. The molecule has 3 heterocycles. The second-order valence-corrected chi connectivity index (χ2v) is 6.88. The van der Waals surface area contributed by atoms with E-state index in [1.165, 1.54) is 0 Å². The number of anilines is 2. The van der Waals surface area contributed by atoms with Crippen LogP contribution in [0.2, 0.25) is 0 Å². The summed E-state index contributed by atoms with van der Waals surface area (Å²) in [4.78, 5) is 8.97. The SMILES string of the molecule is N#Cc1cc2cnc(N[C@H]3CC[C@H](N)C3)cc2c(N[C@@H]2CCOC2)n1. The second-order valence-electron chi connectivity index (χ2n) is 6.88. The number of nitriles is 1. The van der Waals surface area contributed by atoms with Gasteiger partial charge in [-0.3, -0.25) is 0 Å². The first kappa shape index (κ1) is 16.1. The molecule has 2 aromatic heterocycles. The van der Waals surface area contributed by atoms with Gasteiger partial charge in [0.05, 0.1) is 12.6 Å². The molecule has 0 bridgehead atoms. The van der Waals surface area contributed by atoms with Gasteiger partial charge in [0, 0.05) is 35.7 Å². The molecule has 0 spiro atoms. The monoisotopic (exact) mass is 338 g/mol. The predicted molar refractivity (Wildman–Crippen MR) is 96.3 cm³/mol. The van der Waals surface area contributed by atoms with E-state index in [4.69, 9.17) is 10.5 Å². The number of nitrogens with zero attached hydrogens (tertiary/aromatic N) is 3. The first-order valence-electron chi connectivity index (χ1n) is 8.78. The average Bonchev–Trinajstić information content (AvgIpc) is 3.27. The molecule has 1 saturated carbocycles. The van der Waals surface area contributed by atoms with Crippen molar-refractivity contribution in [3.05, 3.63) is 24.0 Å². The van der Waals surface area contributed by atoms with E-state index in [2.05, 4.69) is 26.7 Å². The fourth-order valence-corrected chi connectivity index (χ4v) is 3.59. The topological polar surface area (TPSA) is 109 Å². The van der Waals surface area contributed by atoms with Crippen molar-refractivity contribution in [3.8, 4) is 6.07 Å². The first-order valence-corrected chi connectivity index (χ1v) is 8.78. The Morgan fingerprint density at radius 1 is 1.20 bits per heavy atom. The number of hydrogen-bond donors (Lipinski definition) is 3. The third kappa shape index (κ3) is 3.50. The van der Waals surface area contributed by atoms with Gasteiger partial charge in [-0.05, 0) is 37.8 Å². The minimum Gasteiger partial charge on any atom is -0.379 e. The Bertz CT molecular complexity index is 811. The van der Waals surface area contributed by atoms with Crippen molar-refractivity contribution >= 4 is 22.4 Å². The quantitative estimate of drug-likeness (QED) is 0.782. The molecular weight excluding hydrogens is 316 g/mol. The molecule has 1 aliphatic carbocycles. The normalized spacial score (nSPS) is 25.8. The molecule has 4 N–H and O–H groups in total. The second kappa shape index (κ2) is 6.82. The Labute approximate surface area is 146 Å². The van der Waals surface area contributed by atoms with E-state index < -0.39 is 0 Å². The van der Waals surface area contributed by atoms with Crippen LogP contribution < -0.4 is 16.4 Å². The van der Waals surface area contributed by atoms with Crippen LogP contribution in [-0.4, -0.2) is 41.3 Å². The number of rotatable bonds is 4. The van der Waals surface area contributed by atoms with Gasteiger partial charge in [0.15, 0.2) is 0 Å². The molecule has 2 fully saturated rings. The number of fused-ring (bicyclic) bond motifs is 1. The smallest absolute Gasteiger partial charge is 0.143 e. The van der Waals surface area contributed by atoms with Gasteiger partial charge in [0.25, 0.3) is 0 Å². The van der Waals surface area contributed by atoms with Crippen LogP contribution in [0, 0.1) is 11.3 Å². The summed E-state index contributed by atoms with van der Waals surface area (Å²) in [5.41, 5.74) is 6.38. The summed E-state index contributed by atoms with van der Waals surface area (Å²) in [7, 11) is 0. The molecule has 4 rings (SSSR count). The molecule has 1 saturated heterocycles. The maximum atomic E-state index is 9.24. The molecule has 0 unspecified atom stereocenters. The number of nitrogens with one attached hydrogen (secondary N) is 2. The lowest BCUT2D eigenvalue weighted by molar-refractivity contribution is 0.195. The van der Waals surface area contributed by atoms with Gasteiger partial charge in [-0.2, -0.15) is 5.26 Å². The molecule has 25 heavy (non-hydrogen) atoms. The molecule has 0 aromatic carbocycles. The first-order chi connectivity index (χ1) is 12.2. The molecule has 130 valence electrons. The Morgan fingerprint density at radius 3 is 2.84 bits per heavy atom. The lowest BCUT2D eigenvalue weighted by Crippen LogP contribution is -2.21. The summed E-state index contributed by atoms with van der Waals surface area (Å²) >= 11 is 0. The molecule has 0 amide bonds. The van der Waals surface area contributed by atoms with Crippen LogP contribution in [0.15, 0.2) is 18.3 Å². The van der Waals surface area contributed by atoms with Crippen LogP contribution >= 0.6 is 0 Å². The maximum Gasteiger partial charge on any atom is 0.143 e. The van der Waals surface area contributed by atoms with Gasteiger partial charge < -0.3 is 21.1 Å². The molecular formula is C18H22N6O. The van der Waals surface area contributed by atoms with Gasteiger partial charge in [-0.15, -0.1) is 0 Å². The Morgan fingerprint density at radius 2 is 2.12 bits per heavy atom. The van der Waals surface area contributed by atoms with Gasteiger partial charge in [0.1, 0.15) is 23.4 Å². The molecule has 1 aliphatic heterocycles. The zero-order valence-electron chi connectivity index (χ0n) is 14.0. The fraction of sp³-hybridized carbons (Fsp3) is 0.500. The highest BCUT2D eigenvalue weighted by Crippen LogP contribution is 2.28. The highest BCUT2D eigenvalue weighted by molar-refractivity contribution is 5.93. The van der Waals surface area contributed by atoms with Crippen LogP contribution in [0.5, 0.6) is 0 Å². The van der Waals surface area contributed by atoms with Crippen LogP contribution in [0.3, 0.4) is 0 Å². The molecule has 2 aliphatic rings. The van der Waals surface area contributed by atoms with Crippen molar-refractivity contribution in [3.63, 3.8) is 0 Å². The summed E-state index contributed by atoms with van der Waals surface area (Å²) < 4.78 is 5.43. The van der Waals surface area contributed by atoms with Crippen LogP contribution in [0.25, 0.3) is 10.8 Å². The van der Waals surface area contributed by atoms with Crippen molar-refractivity contribution in [2.75, 3.05) is 23.8 Å². The van der Waals surface area contributed by atoms with Crippen molar-refractivity contribution < 1.29 is 4.74 Å². The average molecular weight is 338 g/mol. The fourth-order valence-electron chi connectivity index (χ4n) is 3.59. The van der Waals surface area contributed by atoms with E-state index >= 15 is 0 Å². The van der Waals surface area contributed by atoms with E-state index in [0.29, 0.717) is 18.3 Å². The Kier molecular flexibility index (Phi) is 4.38. The van der Waals surface area contributed by atoms with Crippen LogP contribution in [-0.2, 0) is 4.74 Å². The summed E-state index contributed by atoms with van der Waals surface area (Å²) in [6, 6.07) is 6.77. The summed E-state index contributed by atoms with van der Waals surface area (Å²) in [5, 5.41) is 18.0. The Balaban J connectivity index is 1.65. The molecule has 2 aromatic rings. The van der Waals surface area contributed by atoms with Gasteiger partial charge >= 0.3 is 0 Å². The molecule has 7 nitrogen and oxygen atoms in total. The van der Waals surface area contributed by atoms with E-state index in [1.54, 1.807) is 12.3 Å². The lowest BCUT2D eigenvalue weighted by Gasteiger charge is -2.16. The molecule has 3 atom stereocenters. The Hall–Kier alpha value is -2.43. The van der Waals surface area contributed by atoms with Crippen molar-refractivity contribution in [1.29, 1.82) is 5.26 Å². The van der Waals surface area contributed by atoms with Crippen LogP contribution in [0.1, 0.15) is 31.4 Å². The minimum absolute atomic E-state index is 0.224. The highest BCUT2D eigenvalue weighted by Gasteiger charge is 2.22. The zero-order chi connectivity index (χ0) is 17.2. The number of ether oxygens (including phenoxy) is 1. The van der Waals surface area contributed by atoms with E-state index in [0.717, 1.165) is 54.7 Å². The number of pyridine rings is 2. The molecule has 0 radical (unpaired) electrons. The minimum atomic E-state index is 0.224. The third-order valence-corrected chi connectivity index (χ3v) is 4.92. The highest BCUT2D eigenvalue weighted by atomic mass is 16.5. The predicted octanol–water partition coefficient (Wildman–Crippen LogP) is 1.99. The van der Waals surface area contributed by atoms with E-state index in [1.807, 2.05) is 6.07 Å². The number of aromatic nitrogens is 2. The largest absolute Gasteiger partial charge is 0.379 e. The lowest BCUT2D eigenvalue weighted by atomic mass is 10.1. The van der Waals surface area contributed by atoms with Crippen molar-refractivity contribution in [1.82, 2.24) is 9.97 Å².